The van der Waals surface area contributed by atoms with E-state index in [0.29, 0.717) is 29.2 Å². The third kappa shape index (κ3) is 3.78. The van der Waals surface area contributed by atoms with E-state index < -0.39 is 0 Å². The summed E-state index contributed by atoms with van der Waals surface area (Å²) in [5, 5.41) is 11.4. The molecule has 1 heterocycles. The quantitative estimate of drug-likeness (QED) is 0.587. The highest BCUT2D eigenvalue weighted by molar-refractivity contribution is 6.04. The van der Waals surface area contributed by atoms with Crippen LogP contribution in [0.5, 0.6) is 0 Å². The van der Waals surface area contributed by atoms with Crippen molar-refractivity contribution < 1.29 is 4.79 Å². The van der Waals surface area contributed by atoms with Crippen LogP contribution in [0.4, 0.5) is 11.5 Å². The van der Waals surface area contributed by atoms with Crippen LogP contribution in [0.2, 0.25) is 0 Å². The number of nitrogens with one attached hydrogen (secondary N) is 2. The fraction of sp³-hybridized carbons (Fsp3) is 0.133. The zero-order chi connectivity index (χ0) is 15.2. The van der Waals surface area contributed by atoms with Gasteiger partial charge in [-0.25, -0.2) is 10.8 Å². The number of nitrogens with two attached hydrogens (primary N) is 1. The number of aromatic nitrogens is 1. The molecule has 0 spiro atoms. The number of anilines is 2. The van der Waals surface area contributed by atoms with Crippen LogP contribution in [0.25, 0.3) is 0 Å². The van der Waals surface area contributed by atoms with E-state index in [1.165, 1.54) is 0 Å². The van der Waals surface area contributed by atoms with E-state index >= 15 is 0 Å². The third-order valence-electron chi connectivity index (χ3n) is 2.86. The Labute approximate surface area is 122 Å². The minimum atomic E-state index is -0.245. The molecular formula is C15H15N5O. The first-order valence-electron chi connectivity index (χ1n) is 6.35. The number of nitriles is 1. The van der Waals surface area contributed by atoms with Gasteiger partial charge in [-0.05, 0) is 36.8 Å². The average molecular weight is 281 g/mol. The van der Waals surface area contributed by atoms with Gasteiger partial charge in [-0.1, -0.05) is 12.1 Å². The molecule has 2 rings (SSSR count). The van der Waals surface area contributed by atoms with E-state index in [0.717, 1.165) is 5.56 Å². The molecule has 1 amide bonds. The van der Waals surface area contributed by atoms with Gasteiger partial charge in [-0.2, -0.15) is 5.26 Å². The van der Waals surface area contributed by atoms with E-state index in [1.807, 2.05) is 12.1 Å². The molecule has 0 atom stereocenters. The van der Waals surface area contributed by atoms with Crippen molar-refractivity contribution in [1.82, 2.24) is 4.98 Å². The second kappa shape index (κ2) is 6.50. The molecule has 0 aliphatic heterocycles. The molecule has 1 aromatic heterocycles. The van der Waals surface area contributed by atoms with Crippen LogP contribution < -0.4 is 16.6 Å². The molecule has 4 N–H and O–H groups in total. The highest BCUT2D eigenvalue weighted by Gasteiger charge is 2.09. The Bertz CT molecular complexity index is 688. The molecule has 0 bridgehead atoms. The van der Waals surface area contributed by atoms with Gasteiger partial charge in [0.1, 0.15) is 5.82 Å². The number of pyridine rings is 1. The topological polar surface area (TPSA) is 104 Å². The standard InChI is InChI=1S/C15H15N5O/c1-10-8-12(9-14(18-10)20-17)15(21)19-13-4-2-11(3-5-13)6-7-16/h2-5,8-9H,6,17H2,1H3,(H,18,20)(H,19,21). The van der Waals surface area contributed by atoms with Crippen LogP contribution in [0.3, 0.4) is 0 Å². The molecule has 21 heavy (non-hydrogen) atoms. The van der Waals surface area contributed by atoms with Crippen LogP contribution in [0, 0.1) is 18.3 Å². The number of nitrogens with zero attached hydrogens (tertiary/aromatic N) is 2. The number of benzene rings is 1. The summed E-state index contributed by atoms with van der Waals surface area (Å²) in [6.07, 6.45) is 0.351. The molecule has 106 valence electrons. The number of nitrogen functional groups attached to an aromatic ring is 1. The molecule has 2 aromatic rings. The molecular weight excluding hydrogens is 266 g/mol. The predicted octanol–water partition coefficient (Wildman–Crippen LogP) is 1.99. The van der Waals surface area contributed by atoms with Crippen molar-refractivity contribution in [3.8, 4) is 6.07 Å². The Balaban J connectivity index is 2.14. The summed E-state index contributed by atoms with van der Waals surface area (Å²) in [5.41, 5.74) is 5.16. The average Bonchev–Trinajstić information content (AvgIpc) is 2.48. The molecule has 6 nitrogen and oxygen atoms in total. The van der Waals surface area contributed by atoms with Crippen LogP contribution in [-0.4, -0.2) is 10.9 Å². The van der Waals surface area contributed by atoms with E-state index in [4.69, 9.17) is 11.1 Å². The van der Waals surface area contributed by atoms with Crippen LogP contribution in [0.1, 0.15) is 21.6 Å². The van der Waals surface area contributed by atoms with Crippen molar-refractivity contribution in [2.24, 2.45) is 5.84 Å². The minimum Gasteiger partial charge on any atom is -0.322 e. The number of carbonyl (C=O) groups excluding carboxylic acids is 1. The summed E-state index contributed by atoms with van der Waals surface area (Å²) in [6.45, 7) is 1.79. The van der Waals surface area contributed by atoms with E-state index in [2.05, 4.69) is 21.8 Å². The number of hydrogen-bond donors (Lipinski definition) is 3. The summed E-state index contributed by atoms with van der Waals surface area (Å²) < 4.78 is 0. The molecule has 1 aromatic carbocycles. The van der Waals surface area contributed by atoms with E-state index in [-0.39, 0.29) is 5.91 Å². The molecule has 0 aliphatic rings. The maximum atomic E-state index is 12.2. The Morgan fingerprint density at radius 3 is 2.67 bits per heavy atom. The summed E-state index contributed by atoms with van der Waals surface area (Å²) in [5.74, 6) is 5.50. The fourth-order valence-electron chi connectivity index (χ4n) is 1.87. The number of hydrazine groups is 1. The number of carbonyl (C=O) groups is 1. The van der Waals surface area contributed by atoms with Gasteiger partial charge in [0.2, 0.25) is 0 Å². The van der Waals surface area contributed by atoms with Gasteiger partial charge in [0.15, 0.2) is 0 Å². The van der Waals surface area contributed by atoms with Gasteiger partial charge < -0.3 is 10.7 Å². The Hall–Kier alpha value is -2.91. The zero-order valence-electron chi connectivity index (χ0n) is 11.6. The van der Waals surface area contributed by atoms with Crippen molar-refractivity contribution >= 4 is 17.4 Å². The summed E-state index contributed by atoms with van der Waals surface area (Å²) >= 11 is 0. The summed E-state index contributed by atoms with van der Waals surface area (Å²) in [7, 11) is 0. The molecule has 0 radical (unpaired) electrons. The van der Waals surface area contributed by atoms with Crippen molar-refractivity contribution in [3.05, 3.63) is 53.2 Å². The lowest BCUT2D eigenvalue weighted by Gasteiger charge is -2.08. The second-order valence-electron chi connectivity index (χ2n) is 4.51. The van der Waals surface area contributed by atoms with Gasteiger partial charge in [0.05, 0.1) is 12.5 Å². The highest BCUT2D eigenvalue weighted by Crippen LogP contribution is 2.14. The number of aryl methyl sites for hydroxylation is 1. The first-order chi connectivity index (χ1) is 10.1. The molecule has 6 heteroatoms. The minimum absolute atomic E-state index is 0.245. The van der Waals surface area contributed by atoms with Crippen molar-refractivity contribution in [2.45, 2.75) is 13.3 Å². The lowest BCUT2D eigenvalue weighted by atomic mass is 10.1. The first-order valence-corrected chi connectivity index (χ1v) is 6.35. The molecule has 0 saturated heterocycles. The van der Waals surface area contributed by atoms with Gasteiger partial charge in [0, 0.05) is 16.9 Å². The van der Waals surface area contributed by atoms with E-state index in [9.17, 15) is 4.79 Å². The Morgan fingerprint density at radius 1 is 1.33 bits per heavy atom. The summed E-state index contributed by atoms with van der Waals surface area (Å²) in [4.78, 5) is 16.3. The molecule has 0 saturated carbocycles. The van der Waals surface area contributed by atoms with Gasteiger partial charge in [-0.15, -0.1) is 0 Å². The van der Waals surface area contributed by atoms with E-state index in [1.54, 1.807) is 31.2 Å². The monoisotopic (exact) mass is 281 g/mol. The first kappa shape index (κ1) is 14.5. The third-order valence-corrected chi connectivity index (χ3v) is 2.86. The smallest absolute Gasteiger partial charge is 0.255 e. The molecule has 0 aliphatic carbocycles. The van der Waals surface area contributed by atoms with Crippen molar-refractivity contribution in [3.63, 3.8) is 0 Å². The predicted molar refractivity (Wildman–Crippen MR) is 80.5 cm³/mol. The SMILES string of the molecule is Cc1cc(C(=O)Nc2ccc(CC#N)cc2)cc(NN)n1. The highest BCUT2D eigenvalue weighted by atomic mass is 16.1. The van der Waals surface area contributed by atoms with Crippen LogP contribution >= 0.6 is 0 Å². The lowest BCUT2D eigenvalue weighted by Crippen LogP contribution is -2.15. The van der Waals surface area contributed by atoms with Gasteiger partial charge >= 0.3 is 0 Å². The lowest BCUT2D eigenvalue weighted by molar-refractivity contribution is 0.102. The van der Waals surface area contributed by atoms with Gasteiger partial charge in [0.25, 0.3) is 5.91 Å². The zero-order valence-corrected chi connectivity index (χ0v) is 11.6. The van der Waals surface area contributed by atoms with Crippen LogP contribution in [0.15, 0.2) is 36.4 Å². The Kier molecular flexibility index (Phi) is 4.49. The van der Waals surface area contributed by atoms with Crippen molar-refractivity contribution in [1.29, 1.82) is 5.26 Å². The number of amides is 1. The molecule has 0 fully saturated rings. The number of rotatable bonds is 4. The second-order valence-corrected chi connectivity index (χ2v) is 4.51. The van der Waals surface area contributed by atoms with Gasteiger partial charge in [-0.3, -0.25) is 4.79 Å². The summed E-state index contributed by atoms with van der Waals surface area (Å²) in [6, 6.07) is 12.5. The maximum Gasteiger partial charge on any atom is 0.255 e. The maximum absolute atomic E-state index is 12.2. The van der Waals surface area contributed by atoms with Crippen molar-refractivity contribution in [2.75, 3.05) is 10.7 Å². The normalized spacial score (nSPS) is 9.76. The Morgan fingerprint density at radius 2 is 2.05 bits per heavy atom. The number of hydrogen-bond acceptors (Lipinski definition) is 5. The molecule has 0 unspecified atom stereocenters. The van der Waals surface area contributed by atoms with Crippen LogP contribution in [-0.2, 0) is 6.42 Å². The fourth-order valence-corrected chi connectivity index (χ4v) is 1.87. The largest absolute Gasteiger partial charge is 0.322 e.